The second kappa shape index (κ2) is 7.15. The van der Waals surface area contributed by atoms with Crippen LogP contribution in [0.25, 0.3) is 0 Å². The summed E-state index contributed by atoms with van der Waals surface area (Å²) in [6.07, 6.45) is 2.64. The van der Waals surface area contributed by atoms with Crippen LogP contribution < -0.4 is 5.32 Å². The van der Waals surface area contributed by atoms with Crippen molar-refractivity contribution in [3.63, 3.8) is 0 Å². The molecule has 1 saturated heterocycles. The summed E-state index contributed by atoms with van der Waals surface area (Å²) in [7, 11) is 1.70. The molecular weight excluding hydrogens is 258 g/mol. The van der Waals surface area contributed by atoms with E-state index >= 15 is 0 Å². The molecule has 1 aliphatic rings. The average molecular weight is 275 g/mol. The molecule has 0 spiro atoms. The van der Waals surface area contributed by atoms with Gasteiger partial charge in [-0.05, 0) is 12.8 Å². The van der Waals surface area contributed by atoms with Crippen molar-refractivity contribution in [3.8, 4) is 0 Å². The van der Waals surface area contributed by atoms with E-state index in [2.05, 4.69) is 15.5 Å². The molecule has 5 nitrogen and oxygen atoms in total. The van der Waals surface area contributed by atoms with Crippen molar-refractivity contribution in [2.24, 2.45) is 0 Å². The standard InChI is InChI=1S/C10H17N3O2S2/c1-14-5-6-16-10-13-12-9(17-10)11-7-8-3-2-4-15-8/h8H,2-7H2,1H3,(H,11,12). The van der Waals surface area contributed by atoms with Crippen molar-refractivity contribution >= 4 is 28.2 Å². The van der Waals surface area contributed by atoms with Crippen LogP contribution in [-0.2, 0) is 9.47 Å². The lowest BCUT2D eigenvalue weighted by Crippen LogP contribution is -2.18. The zero-order valence-electron chi connectivity index (χ0n) is 9.85. The zero-order valence-corrected chi connectivity index (χ0v) is 11.5. The smallest absolute Gasteiger partial charge is 0.206 e. The second-order valence-corrected chi connectivity index (χ2v) is 6.05. The van der Waals surface area contributed by atoms with E-state index in [-0.39, 0.29) is 0 Å². The molecule has 0 amide bonds. The topological polar surface area (TPSA) is 56.3 Å². The normalized spacial score (nSPS) is 19.7. The van der Waals surface area contributed by atoms with Gasteiger partial charge in [-0.25, -0.2) is 0 Å². The van der Waals surface area contributed by atoms with Gasteiger partial charge in [0.15, 0.2) is 4.34 Å². The fourth-order valence-electron chi connectivity index (χ4n) is 1.56. The largest absolute Gasteiger partial charge is 0.384 e. The Bertz CT molecular complexity index is 329. The Balaban J connectivity index is 1.69. The van der Waals surface area contributed by atoms with E-state index in [4.69, 9.17) is 9.47 Å². The van der Waals surface area contributed by atoms with Gasteiger partial charge in [-0.2, -0.15) is 0 Å². The highest BCUT2D eigenvalue weighted by Gasteiger charge is 2.15. The van der Waals surface area contributed by atoms with Crippen molar-refractivity contribution in [1.82, 2.24) is 10.2 Å². The van der Waals surface area contributed by atoms with E-state index < -0.39 is 0 Å². The number of hydrogen-bond acceptors (Lipinski definition) is 7. The molecule has 7 heteroatoms. The minimum atomic E-state index is 0.337. The summed E-state index contributed by atoms with van der Waals surface area (Å²) < 4.78 is 11.5. The lowest BCUT2D eigenvalue weighted by Gasteiger charge is -2.08. The molecule has 1 aliphatic heterocycles. The predicted octanol–water partition coefficient (Wildman–Crippen LogP) is 1.87. The Hall–Kier alpha value is -0.370. The molecule has 0 aliphatic carbocycles. The number of ether oxygens (including phenoxy) is 2. The quantitative estimate of drug-likeness (QED) is 0.605. The van der Waals surface area contributed by atoms with E-state index in [1.54, 1.807) is 30.2 Å². The summed E-state index contributed by atoms with van der Waals surface area (Å²) in [5, 5.41) is 12.4. The molecule has 0 aromatic carbocycles. The van der Waals surface area contributed by atoms with Gasteiger partial charge in [0.05, 0.1) is 12.7 Å². The SMILES string of the molecule is COCCSc1nnc(NCC2CCCO2)s1. The third kappa shape index (κ3) is 4.42. The van der Waals surface area contributed by atoms with Gasteiger partial charge in [0.25, 0.3) is 0 Å². The van der Waals surface area contributed by atoms with Gasteiger partial charge in [0.1, 0.15) is 0 Å². The van der Waals surface area contributed by atoms with Gasteiger partial charge in [-0.15, -0.1) is 10.2 Å². The summed E-state index contributed by atoms with van der Waals surface area (Å²) >= 11 is 3.26. The van der Waals surface area contributed by atoms with Crippen molar-refractivity contribution in [2.45, 2.75) is 23.3 Å². The third-order valence-electron chi connectivity index (χ3n) is 2.42. The maximum atomic E-state index is 5.53. The fraction of sp³-hybridized carbons (Fsp3) is 0.800. The number of thioether (sulfide) groups is 1. The van der Waals surface area contributed by atoms with Gasteiger partial charge in [-0.1, -0.05) is 23.1 Å². The average Bonchev–Trinajstić information content (AvgIpc) is 2.98. The van der Waals surface area contributed by atoms with Gasteiger partial charge >= 0.3 is 0 Å². The molecule has 17 heavy (non-hydrogen) atoms. The van der Waals surface area contributed by atoms with Crippen LogP contribution in [0.1, 0.15) is 12.8 Å². The molecule has 1 aromatic rings. The number of nitrogens with one attached hydrogen (secondary N) is 1. The first kappa shape index (κ1) is 13.1. The van der Waals surface area contributed by atoms with Crippen molar-refractivity contribution < 1.29 is 9.47 Å². The zero-order chi connectivity index (χ0) is 11.9. The Kier molecular flexibility index (Phi) is 5.50. The number of anilines is 1. The molecule has 0 radical (unpaired) electrons. The van der Waals surface area contributed by atoms with Crippen LogP contribution in [0.4, 0.5) is 5.13 Å². The molecule has 1 fully saturated rings. The first-order chi connectivity index (χ1) is 8.38. The summed E-state index contributed by atoms with van der Waals surface area (Å²) in [6.45, 7) is 2.46. The van der Waals surface area contributed by atoms with E-state index in [0.29, 0.717) is 6.10 Å². The van der Waals surface area contributed by atoms with E-state index in [0.717, 1.165) is 41.4 Å². The van der Waals surface area contributed by atoms with E-state index in [1.165, 1.54) is 6.42 Å². The first-order valence-corrected chi connectivity index (χ1v) is 7.49. The van der Waals surface area contributed by atoms with Crippen molar-refractivity contribution in [2.75, 3.05) is 37.9 Å². The predicted molar refractivity (Wildman–Crippen MR) is 70.0 cm³/mol. The van der Waals surface area contributed by atoms with Crippen LogP contribution in [0.15, 0.2) is 4.34 Å². The minimum Gasteiger partial charge on any atom is -0.384 e. The number of nitrogens with zero attached hydrogens (tertiary/aromatic N) is 2. The fourth-order valence-corrected chi connectivity index (χ4v) is 3.29. The van der Waals surface area contributed by atoms with Crippen LogP contribution in [0, 0.1) is 0 Å². The second-order valence-electron chi connectivity index (χ2n) is 3.73. The molecule has 1 N–H and O–H groups in total. The van der Waals surface area contributed by atoms with Crippen LogP contribution in [0.5, 0.6) is 0 Å². The summed E-state index contributed by atoms with van der Waals surface area (Å²) in [6, 6.07) is 0. The number of methoxy groups -OCH3 is 1. The molecule has 2 rings (SSSR count). The third-order valence-corrected chi connectivity index (χ3v) is 4.40. The van der Waals surface area contributed by atoms with Crippen LogP contribution in [0.3, 0.4) is 0 Å². The Morgan fingerprint density at radius 1 is 1.59 bits per heavy atom. The highest BCUT2D eigenvalue weighted by atomic mass is 32.2. The van der Waals surface area contributed by atoms with E-state index in [1.807, 2.05) is 0 Å². The summed E-state index contributed by atoms with van der Waals surface area (Å²) in [5.74, 6) is 0.914. The highest BCUT2D eigenvalue weighted by molar-refractivity contribution is 8.01. The van der Waals surface area contributed by atoms with Gasteiger partial charge in [0, 0.05) is 26.0 Å². The Morgan fingerprint density at radius 2 is 2.53 bits per heavy atom. The maximum absolute atomic E-state index is 5.53. The number of rotatable bonds is 7. The van der Waals surface area contributed by atoms with Crippen LogP contribution in [0.2, 0.25) is 0 Å². The van der Waals surface area contributed by atoms with Crippen LogP contribution >= 0.6 is 23.1 Å². The lowest BCUT2D eigenvalue weighted by molar-refractivity contribution is 0.120. The lowest BCUT2D eigenvalue weighted by atomic mass is 10.2. The summed E-state index contributed by atoms with van der Waals surface area (Å²) in [5.41, 5.74) is 0. The molecule has 2 heterocycles. The molecule has 96 valence electrons. The molecular formula is C10H17N3O2S2. The molecule has 0 saturated carbocycles. The molecule has 0 bridgehead atoms. The van der Waals surface area contributed by atoms with Gasteiger partial charge < -0.3 is 14.8 Å². The van der Waals surface area contributed by atoms with Crippen molar-refractivity contribution in [3.05, 3.63) is 0 Å². The van der Waals surface area contributed by atoms with Gasteiger partial charge in [0.2, 0.25) is 5.13 Å². The maximum Gasteiger partial charge on any atom is 0.206 e. The molecule has 1 aromatic heterocycles. The van der Waals surface area contributed by atoms with Gasteiger partial charge in [-0.3, -0.25) is 0 Å². The molecule has 1 unspecified atom stereocenters. The monoisotopic (exact) mass is 275 g/mol. The molecule has 1 atom stereocenters. The summed E-state index contributed by atoms with van der Waals surface area (Å²) in [4.78, 5) is 0. The number of aromatic nitrogens is 2. The number of hydrogen-bond donors (Lipinski definition) is 1. The minimum absolute atomic E-state index is 0.337. The van der Waals surface area contributed by atoms with Crippen LogP contribution in [-0.4, -0.2) is 48.9 Å². The Labute approximate surface area is 109 Å². The van der Waals surface area contributed by atoms with Crippen molar-refractivity contribution in [1.29, 1.82) is 0 Å². The first-order valence-electron chi connectivity index (χ1n) is 5.69. The highest BCUT2D eigenvalue weighted by Crippen LogP contribution is 2.25. The Morgan fingerprint density at radius 3 is 3.29 bits per heavy atom. The van der Waals surface area contributed by atoms with E-state index in [9.17, 15) is 0 Å².